The molecule has 0 saturated carbocycles. The summed E-state index contributed by atoms with van der Waals surface area (Å²) in [6.07, 6.45) is 1.40. The summed E-state index contributed by atoms with van der Waals surface area (Å²) in [5.74, 6) is -1.06. The predicted octanol–water partition coefficient (Wildman–Crippen LogP) is 6.62. The number of hydrogen-bond donors (Lipinski definition) is 2. The second-order valence-corrected chi connectivity index (χ2v) is 8.79. The van der Waals surface area contributed by atoms with E-state index in [0.717, 1.165) is 0 Å². The van der Waals surface area contributed by atoms with Crippen LogP contribution in [0.1, 0.15) is 26.4 Å². The highest BCUT2D eigenvalue weighted by molar-refractivity contribution is 6.34. The van der Waals surface area contributed by atoms with Crippen molar-refractivity contribution in [3.8, 4) is 22.6 Å². The van der Waals surface area contributed by atoms with Crippen molar-refractivity contribution in [1.82, 2.24) is 10.4 Å². The number of methoxy groups -OCH3 is 1. The minimum atomic E-state index is -0.586. The van der Waals surface area contributed by atoms with Gasteiger partial charge in [-0.15, -0.1) is 0 Å². The highest BCUT2D eigenvalue weighted by Crippen LogP contribution is 2.37. The first-order valence-corrected chi connectivity index (χ1v) is 12.2. The Bertz CT molecular complexity index is 1720. The molecule has 7 nitrogen and oxygen atoms in total. The highest BCUT2D eigenvalue weighted by Gasteiger charge is 2.22. The number of halogens is 2. The quantitative estimate of drug-likeness (QED) is 0.105. The molecule has 9 heteroatoms. The fourth-order valence-corrected chi connectivity index (χ4v) is 4.33. The number of carbonyl (C=O) groups is 2. The fourth-order valence-electron chi connectivity index (χ4n) is 4.10. The second kappa shape index (κ2) is 11.2. The van der Waals surface area contributed by atoms with Gasteiger partial charge in [-0.3, -0.25) is 4.79 Å². The number of H-pyrrole nitrogens is 1. The van der Waals surface area contributed by atoms with Crippen LogP contribution in [0.4, 0.5) is 4.39 Å². The van der Waals surface area contributed by atoms with E-state index in [4.69, 9.17) is 21.1 Å². The number of esters is 1. The standard InChI is InChI=1S/C30H21ClFN3O4/c1-38-25-16-18(14-15-24(25)39-30(37)19-8-3-2-4-9-19)17-33-35-29(36)28-26(20-10-5-6-12-22(20)31)21-11-7-13-23(32)27(21)34-28/h2-17,34H,1H3,(H,35,36). The smallest absolute Gasteiger partial charge is 0.343 e. The Morgan fingerprint density at radius 3 is 2.49 bits per heavy atom. The number of fused-ring (bicyclic) bond motifs is 1. The van der Waals surface area contributed by atoms with Gasteiger partial charge in [0, 0.05) is 21.5 Å². The SMILES string of the molecule is COc1cc(C=NNC(=O)c2[nH]c3c(F)cccc3c2-c2ccccc2Cl)ccc1OC(=O)c1ccccc1. The molecule has 39 heavy (non-hydrogen) atoms. The summed E-state index contributed by atoms with van der Waals surface area (Å²) < 4.78 is 25.4. The van der Waals surface area contributed by atoms with Crippen molar-refractivity contribution in [2.45, 2.75) is 0 Å². The number of para-hydroxylation sites is 1. The van der Waals surface area contributed by atoms with E-state index in [-0.39, 0.29) is 17.0 Å². The molecule has 194 valence electrons. The lowest BCUT2D eigenvalue weighted by atomic mass is 10.0. The van der Waals surface area contributed by atoms with Gasteiger partial charge in [-0.1, -0.05) is 60.1 Å². The molecule has 4 aromatic carbocycles. The van der Waals surface area contributed by atoms with Crippen LogP contribution >= 0.6 is 11.6 Å². The van der Waals surface area contributed by atoms with Gasteiger partial charge >= 0.3 is 5.97 Å². The Kier molecular flexibility index (Phi) is 7.38. The molecule has 0 saturated heterocycles. The Labute approximate surface area is 227 Å². The van der Waals surface area contributed by atoms with E-state index < -0.39 is 17.7 Å². The number of benzene rings is 4. The Morgan fingerprint density at radius 1 is 0.949 bits per heavy atom. The van der Waals surface area contributed by atoms with Crippen LogP contribution in [0.5, 0.6) is 11.5 Å². The number of nitrogens with zero attached hydrogens (tertiary/aromatic N) is 1. The lowest BCUT2D eigenvalue weighted by Crippen LogP contribution is -2.19. The number of nitrogens with one attached hydrogen (secondary N) is 2. The molecule has 0 fully saturated rings. The number of hydrogen-bond acceptors (Lipinski definition) is 5. The maximum Gasteiger partial charge on any atom is 0.343 e. The van der Waals surface area contributed by atoms with Gasteiger partial charge in [0.05, 0.1) is 24.4 Å². The Morgan fingerprint density at radius 2 is 1.72 bits per heavy atom. The molecule has 1 amide bonds. The first-order chi connectivity index (χ1) is 19.0. The zero-order valence-corrected chi connectivity index (χ0v) is 21.3. The van der Waals surface area contributed by atoms with Crippen molar-refractivity contribution in [3.05, 3.63) is 119 Å². The third-order valence-electron chi connectivity index (χ3n) is 5.93. The topological polar surface area (TPSA) is 92.8 Å². The fraction of sp³-hybridized carbons (Fsp3) is 0.0333. The summed E-state index contributed by atoms with van der Waals surface area (Å²) in [4.78, 5) is 28.4. The van der Waals surface area contributed by atoms with E-state index in [2.05, 4.69) is 15.5 Å². The molecule has 0 atom stereocenters. The van der Waals surface area contributed by atoms with E-state index in [1.165, 1.54) is 19.4 Å². The van der Waals surface area contributed by atoms with Crippen LogP contribution < -0.4 is 14.9 Å². The van der Waals surface area contributed by atoms with Crippen LogP contribution in [0.15, 0.2) is 96.1 Å². The van der Waals surface area contributed by atoms with Gasteiger partial charge in [-0.25, -0.2) is 14.6 Å². The summed E-state index contributed by atoms with van der Waals surface area (Å²) in [7, 11) is 1.45. The number of rotatable bonds is 7. The summed E-state index contributed by atoms with van der Waals surface area (Å²) in [5, 5.41) is 4.98. The molecular formula is C30H21ClFN3O4. The van der Waals surface area contributed by atoms with E-state index in [1.54, 1.807) is 84.9 Å². The van der Waals surface area contributed by atoms with E-state index >= 15 is 0 Å². The lowest BCUT2D eigenvalue weighted by Gasteiger charge is -2.10. The summed E-state index contributed by atoms with van der Waals surface area (Å²) in [6, 6.07) is 25.0. The number of hydrazone groups is 1. The first-order valence-electron chi connectivity index (χ1n) is 11.8. The molecular weight excluding hydrogens is 521 g/mol. The number of amides is 1. The molecule has 0 radical (unpaired) electrons. The van der Waals surface area contributed by atoms with E-state index in [1.807, 2.05) is 0 Å². The molecule has 1 heterocycles. The van der Waals surface area contributed by atoms with Crippen LogP contribution in [0, 0.1) is 5.82 Å². The minimum Gasteiger partial charge on any atom is -0.493 e. The van der Waals surface area contributed by atoms with E-state index in [9.17, 15) is 14.0 Å². The molecule has 1 aromatic heterocycles. The number of aromatic nitrogens is 1. The predicted molar refractivity (Wildman–Crippen MR) is 148 cm³/mol. The van der Waals surface area contributed by atoms with Gasteiger partial charge < -0.3 is 14.5 Å². The molecule has 0 aliphatic carbocycles. The second-order valence-electron chi connectivity index (χ2n) is 8.38. The van der Waals surface area contributed by atoms with Crippen molar-refractivity contribution in [3.63, 3.8) is 0 Å². The largest absolute Gasteiger partial charge is 0.493 e. The summed E-state index contributed by atoms with van der Waals surface area (Å²) in [6.45, 7) is 0. The van der Waals surface area contributed by atoms with Crippen molar-refractivity contribution >= 4 is 40.6 Å². The van der Waals surface area contributed by atoms with Crippen LogP contribution in [0.3, 0.4) is 0 Å². The molecule has 2 N–H and O–H groups in total. The Hall–Kier alpha value is -4.95. The molecule has 0 aliphatic heterocycles. The third kappa shape index (κ3) is 5.37. The molecule has 0 unspecified atom stereocenters. The molecule has 0 aliphatic rings. The minimum absolute atomic E-state index is 0.112. The third-order valence-corrected chi connectivity index (χ3v) is 6.26. The van der Waals surface area contributed by atoms with Crippen LogP contribution in [-0.4, -0.2) is 30.2 Å². The van der Waals surface area contributed by atoms with Gasteiger partial charge in [0.25, 0.3) is 5.91 Å². The molecule has 0 bridgehead atoms. The summed E-state index contributed by atoms with van der Waals surface area (Å²) >= 11 is 6.41. The van der Waals surface area contributed by atoms with Gasteiger partial charge in [0.2, 0.25) is 0 Å². The monoisotopic (exact) mass is 541 g/mol. The number of carbonyl (C=O) groups excluding carboxylic acids is 2. The number of ether oxygens (including phenoxy) is 2. The van der Waals surface area contributed by atoms with Gasteiger partial charge in [0.15, 0.2) is 11.5 Å². The van der Waals surface area contributed by atoms with Crippen LogP contribution in [0.25, 0.3) is 22.0 Å². The average molecular weight is 542 g/mol. The van der Waals surface area contributed by atoms with Crippen LogP contribution in [0.2, 0.25) is 5.02 Å². The zero-order valence-electron chi connectivity index (χ0n) is 20.6. The zero-order chi connectivity index (χ0) is 27.4. The first kappa shape index (κ1) is 25.7. The Balaban J connectivity index is 1.38. The summed E-state index contributed by atoms with van der Waals surface area (Å²) in [5.41, 5.74) is 4.79. The average Bonchev–Trinajstić information content (AvgIpc) is 3.35. The van der Waals surface area contributed by atoms with Crippen LogP contribution in [-0.2, 0) is 0 Å². The van der Waals surface area contributed by atoms with E-state index in [0.29, 0.717) is 38.4 Å². The lowest BCUT2D eigenvalue weighted by molar-refractivity contribution is 0.0729. The maximum atomic E-state index is 14.5. The molecule has 0 spiro atoms. The van der Waals surface area contributed by atoms with Gasteiger partial charge in [-0.05, 0) is 48.0 Å². The van der Waals surface area contributed by atoms with Gasteiger partial charge in [0.1, 0.15) is 11.5 Å². The maximum absolute atomic E-state index is 14.5. The normalized spacial score (nSPS) is 11.1. The molecule has 5 rings (SSSR count). The van der Waals surface area contributed by atoms with Crippen molar-refractivity contribution in [1.29, 1.82) is 0 Å². The number of aromatic amines is 1. The van der Waals surface area contributed by atoms with Crippen molar-refractivity contribution < 1.29 is 23.5 Å². The van der Waals surface area contributed by atoms with Crippen molar-refractivity contribution in [2.24, 2.45) is 5.10 Å². The van der Waals surface area contributed by atoms with Gasteiger partial charge in [-0.2, -0.15) is 5.10 Å². The highest BCUT2D eigenvalue weighted by atomic mass is 35.5. The van der Waals surface area contributed by atoms with Crippen molar-refractivity contribution in [2.75, 3.05) is 7.11 Å². The molecule has 5 aromatic rings.